The molecule has 0 aliphatic rings. The van der Waals surface area contributed by atoms with E-state index in [2.05, 4.69) is 13.8 Å². The SMILES string of the molecule is CCCCCCCCCCCCc1ccccc1S(=O)(=O)O.CCCCCCCCCCc1ccccc1S(=O)(=O)O. The maximum absolute atomic E-state index is 11.3. The second-order valence-electron chi connectivity index (χ2n) is 11.3. The first kappa shape index (κ1) is 38.3. The Balaban J connectivity index is 0.000000422. The monoisotopic (exact) mass is 624 g/mol. The fraction of sp³-hybridized carbons (Fsp3) is 0.647. The largest absolute Gasteiger partial charge is 0.294 e. The van der Waals surface area contributed by atoms with E-state index in [4.69, 9.17) is 4.55 Å². The third-order valence-corrected chi connectivity index (χ3v) is 9.51. The Kier molecular flexibility index (Phi) is 20.7. The van der Waals surface area contributed by atoms with Gasteiger partial charge in [0.25, 0.3) is 20.2 Å². The predicted molar refractivity (Wildman–Crippen MR) is 174 cm³/mol. The van der Waals surface area contributed by atoms with E-state index < -0.39 is 20.2 Å². The van der Waals surface area contributed by atoms with Crippen LogP contribution in [0.1, 0.15) is 141 Å². The lowest BCUT2D eigenvalue weighted by Crippen LogP contribution is -2.03. The Morgan fingerprint density at radius 2 is 0.690 bits per heavy atom. The van der Waals surface area contributed by atoms with E-state index in [-0.39, 0.29) is 9.79 Å². The summed E-state index contributed by atoms with van der Waals surface area (Å²) in [6, 6.07) is 13.4. The molecular formula is C34H56O6S2. The van der Waals surface area contributed by atoms with Crippen molar-refractivity contribution in [3.8, 4) is 0 Å². The van der Waals surface area contributed by atoms with Crippen LogP contribution in [0.2, 0.25) is 0 Å². The molecule has 0 heterocycles. The summed E-state index contributed by atoms with van der Waals surface area (Å²) in [5, 5.41) is 0. The van der Waals surface area contributed by atoms with Crippen LogP contribution in [0, 0.1) is 0 Å². The van der Waals surface area contributed by atoms with Gasteiger partial charge in [0.05, 0.1) is 9.79 Å². The van der Waals surface area contributed by atoms with Crippen LogP contribution in [0.15, 0.2) is 58.3 Å². The molecule has 0 spiro atoms. The Bertz CT molecular complexity index is 1180. The lowest BCUT2D eigenvalue weighted by atomic mass is 10.0. The minimum atomic E-state index is -4.10. The summed E-state index contributed by atoms with van der Waals surface area (Å²) >= 11 is 0. The Morgan fingerprint density at radius 1 is 0.429 bits per heavy atom. The highest BCUT2D eigenvalue weighted by Gasteiger charge is 2.14. The fourth-order valence-electron chi connectivity index (χ4n) is 5.18. The molecule has 240 valence electrons. The fourth-order valence-corrected chi connectivity index (χ4v) is 6.68. The van der Waals surface area contributed by atoms with E-state index in [1.165, 1.54) is 102 Å². The zero-order valence-corrected chi connectivity index (χ0v) is 27.7. The normalized spacial score (nSPS) is 11.7. The summed E-state index contributed by atoms with van der Waals surface area (Å²) in [7, 11) is -8.19. The molecule has 2 aromatic rings. The third kappa shape index (κ3) is 18.0. The summed E-state index contributed by atoms with van der Waals surface area (Å²) in [5.41, 5.74) is 1.45. The van der Waals surface area contributed by atoms with Crippen molar-refractivity contribution in [2.24, 2.45) is 0 Å². The van der Waals surface area contributed by atoms with Gasteiger partial charge < -0.3 is 0 Å². The van der Waals surface area contributed by atoms with Gasteiger partial charge in [-0.15, -0.1) is 0 Å². The van der Waals surface area contributed by atoms with Crippen molar-refractivity contribution in [3.05, 3.63) is 59.7 Å². The molecule has 0 radical (unpaired) electrons. The highest BCUT2D eigenvalue weighted by Crippen LogP contribution is 2.20. The van der Waals surface area contributed by atoms with Gasteiger partial charge in [-0.1, -0.05) is 153 Å². The molecule has 8 heteroatoms. The summed E-state index contributed by atoms with van der Waals surface area (Å²) in [5.74, 6) is 0. The quantitative estimate of drug-likeness (QED) is 0.0997. The van der Waals surface area contributed by atoms with Crippen molar-refractivity contribution in [1.29, 1.82) is 0 Å². The van der Waals surface area contributed by atoms with Gasteiger partial charge in [0.2, 0.25) is 0 Å². The standard InChI is InChI=1S/C18H30O3S.C16H26O3S/c1-2-3-4-5-6-7-8-9-10-11-14-17-15-12-13-16-18(17)22(19,20)21;1-2-3-4-5-6-7-8-9-12-15-13-10-11-14-16(15)20(17,18)19/h12-13,15-16H,2-11,14H2,1H3,(H,19,20,21);10-11,13-14H,2-9,12H2,1H3,(H,17,18,19). The zero-order chi connectivity index (χ0) is 31.1. The summed E-state index contributed by atoms with van der Waals surface area (Å²) in [6.45, 7) is 4.45. The second-order valence-corrected chi connectivity index (χ2v) is 14.1. The molecule has 0 saturated carbocycles. The Labute approximate surface area is 257 Å². The minimum Gasteiger partial charge on any atom is -0.282 e. The van der Waals surface area contributed by atoms with Crippen molar-refractivity contribution < 1.29 is 25.9 Å². The molecule has 0 amide bonds. The van der Waals surface area contributed by atoms with Gasteiger partial charge in [-0.25, -0.2) is 0 Å². The molecule has 2 N–H and O–H groups in total. The second kappa shape index (κ2) is 22.8. The van der Waals surface area contributed by atoms with Gasteiger partial charge in [0.15, 0.2) is 0 Å². The minimum absolute atomic E-state index is 0.0583. The molecule has 0 aliphatic heterocycles. The van der Waals surface area contributed by atoms with Crippen LogP contribution in [-0.4, -0.2) is 25.9 Å². The van der Waals surface area contributed by atoms with Crippen LogP contribution < -0.4 is 0 Å². The molecule has 0 aliphatic carbocycles. The number of hydrogen-bond acceptors (Lipinski definition) is 4. The lowest BCUT2D eigenvalue weighted by molar-refractivity contribution is 0.479. The Hall–Kier alpha value is -1.74. The highest BCUT2D eigenvalue weighted by atomic mass is 32.2. The smallest absolute Gasteiger partial charge is 0.282 e. The Morgan fingerprint density at radius 3 is 0.976 bits per heavy atom. The van der Waals surface area contributed by atoms with Gasteiger partial charge in [0.1, 0.15) is 0 Å². The van der Waals surface area contributed by atoms with Gasteiger partial charge in [-0.3, -0.25) is 9.11 Å². The van der Waals surface area contributed by atoms with Crippen molar-refractivity contribution in [3.63, 3.8) is 0 Å². The number of benzene rings is 2. The first-order valence-corrected chi connectivity index (χ1v) is 19.1. The first-order chi connectivity index (χ1) is 20.1. The average Bonchev–Trinajstić information content (AvgIpc) is 2.95. The van der Waals surface area contributed by atoms with Crippen LogP contribution in [0.3, 0.4) is 0 Å². The van der Waals surface area contributed by atoms with Crippen LogP contribution in [0.25, 0.3) is 0 Å². The molecular weight excluding hydrogens is 569 g/mol. The summed E-state index contributed by atoms with van der Waals surface area (Å²) < 4.78 is 63.4. The van der Waals surface area contributed by atoms with E-state index >= 15 is 0 Å². The molecule has 42 heavy (non-hydrogen) atoms. The zero-order valence-electron chi connectivity index (χ0n) is 26.1. The molecule has 2 aromatic carbocycles. The van der Waals surface area contributed by atoms with E-state index in [0.29, 0.717) is 12.8 Å². The van der Waals surface area contributed by atoms with Gasteiger partial charge in [-0.05, 0) is 48.9 Å². The molecule has 0 saturated heterocycles. The molecule has 6 nitrogen and oxygen atoms in total. The summed E-state index contributed by atoms with van der Waals surface area (Å²) in [6.07, 6.45) is 23.8. The van der Waals surface area contributed by atoms with Crippen LogP contribution >= 0.6 is 0 Å². The molecule has 0 aromatic heterocycles. The van der Waals surface area contributed by atoms with E-state index in [9.17, 15) is 21.4 Å². The van der Waals surface area contributed by atoms with Crippen molar-refractivity contribution in [2.75, 3.05) is 0 Å². The van der Waals surface area contributed by atoms with E-state index in [1.807, 2.05) is 12.1 Å². The van der Waals surface area contributed by atoms with Crippen LogP contribution in [-0.2, 0) is 33.1 Å². The van der Waals surface area contributed by atoms with E-state index in [0.717, 1.165) is 36.8 Å². The molecule has 2 rings (SSSR count). The number of hydrogen-bond donors (Lipinski definition) is 2. The maximum Gasteiger partial charge on any atom is 0.294 e. The lowest BCUT2D eigenvalue weighted by Gasteiger charge is -2.07. The number of aryl methyl sites for hydroxylation is 2. The maximum atomic E-state index is 11.3. The van der Waals surface area contributed by atoms with Crippen molar-refractivity contribution in [2.45, 2.75) is 152 Å². The molecule has 0 fully saturated rings. The van der Waals surface area contributed by atoms with Gasteiger partial charge >= 0.3 is 0 Å². The number of rotatable bonds is 22. The molecule has 0 unspecified atom stereocenters. The van der Waals surface area contributed by atoms with Crippen molar-refractivity contribution >= 4 is 20.2 Å². The number of unbranched alkanes of at least 4 members (excludes halogenated alkanes) is 16. The average molecular weight is 625 g/mol. The van der Waals surface area contributed by atoms with Crippen molar-refractivity contribution in [1.82, 2.24) is 0 Å². The molecule has 0 atom stereocenters. The van der Waals surface area contributed by atoms with E-state index in [1.54, 1.807) is 24.3 Å². The van der Waals surface area contributed by atoms with Gasteiger partial charge in [0, 0.05) is 0 Å². The third-order valence-electron chi connectivity index (χ3n) is 7.60. The highest BCUT2D eigenvalue weighted by molar-refractivity contribution is 7.86. The topological polar surface area (TPSA) is 109 Å². The first-order valence-electron chi connectivity index (χ1n) is 16.2. The van der Waals surface area contributed by atoms with Gasteiger partial charge in [-0.2, -0.15) is 16.8 Å². The van der Waals surface area contributed by atoms with Crippen LogP contribution in [0.4, 0.5) is 0 Å². The molecule has 0 bridgehead atoms. The predicted octanol–water partition coefficient (Wildman–Crippen LogP) is 10.0. The summed E-state index contributed by atoms with van der Waals surface area (Å²) in [4.78, 5) is 0.119. The van der Waals surface area contributed by atoms with Crippen LogP contribution in [0.5, 0.6) is 0 Å².